The van der Waals surface area contributed by atoms with E-state index in [9.17, 15) is 0 Å². The molecule has 5 heteroatoms. The molecule has 0 spiro atoms. The van der Waals surface area contributed by atoms with E-state index in [-0.39, 0.29) is 5.54 Å². The first-order chi connectivity index (χ1) is 9.08. The van der Waals surface area contributed by atoms with E-state index in [0.717, 1.165) is 6.42 Å². The third-order valence-electron chi connectivity index (χ3n) is 4.49. The molecule has 0 amide bonds. The van der Waals surface area contributed by atoms with Crippen molar-refractivity contribution in [3.63, 3.8) is 0 Å². The average molecular weight is 346 g/mol. The Kier molecular flexibility index (Phi) is 5.43. The molecule has 0 aromatic carbocycles. The van der Waals surface area contributed by atoms with Gasteiger partial charge in [-0.25, -0.2) is 0 Å². The number of hydrogen-bond acceptors (Lipinski definition) is 4. The monoisotopic (exact) mass is 345 g/mol. The number of hydrazine groups is 1. The Morgan fingerprint density at radius 3 is 2.53 bits per heavy atom. The molecule has 1 heterocycles. The van der Waals surface area contributed by atoms with Crippen LogP contribution in [0.25, 0.3) is 0 Å². The fourth-order valence-corrected chi connectivity index (χ4v) is 4.87. The highest BCUT2D eigenvalue weighted by Crippen LogP contribution is 2.37. The number of thiophene rings is 1. The Morgan fingerprint density at radius 1 is 1.37 bits per heavy atom. The lowest BCUT2D eigenvalue weighted by molar-refractivity contribution is 0.0572. The predicted molar refractivity (Wildman–Crippen MR) is 86.3 cm³/mol. The van der Waals surface area contributed by atoms with E-state index in [1.165, 1.54) is 40.8 Å². The molecule has 3 nitrogen and oxygen atoms in total. The molecule has 1 aliphatic rings. The van der Waals surface area contributed by atoms with E-state index >= 15 is 0 Å². The van der Waals surface area contributed by atoms with Crippen LogP contribution in [-0.4, -0.2) is 30.6 Å². The summed E-state index contributed by atoms with van der Waals surface area (Å²) >= 11 is 5.35. The van der Waals surface area contributed by atoms with Gasteiger partial charge in [-0.1, -0.05) is 19.3 Å². The fraction of sp³-hybridized carbons (Fsp3) is 0.714. The Labute approximate surface area is 128 Å². The van der Waals surface area contributed by atoms with E-state index < -0.39 is 0 Å². The third kappa shape index (κ3) is 3.39. The quantitative estimate of drug-likeness (QED) is 0.636. The first kappa shape index (κ1) is 15.4. The smallest absolute Gasteiger partial charge is 0.0701 e. The van der Waals surface area contributed by atoms with Crippen molar-refractivity contribution in [2.45, 2.75) is 50.1 Å². The predicted octanol–water partition coefficient (Wildman–Crippen LogP) is 3.15. The molecule has 3 N–H and O–H groups in total. The van der Waals surface area contributed by atoms with Crippen molar-refractivity contribution in [1.29, 1.82) is 0 Å². The van der Waals surface area contributed by atoms with Gasteiger partial charge in [0.05, 0.1) is 3.79 Å². The van der Waals surface area contributed by atoms with Crippen molar-refractivity contribution < 1.29 is 0 Å². The first-order valence-corrected chi connectivity index (χ1v) is 8.57. The molecule has 0 saturated heterocycles. The number of nitrogens with zero attached hydrogens (tertiary/aromatic N) is 1. The Bertz CT molecular complexity index is 399. The molecule has 2 rings (SSSR count). The summed E-state index contributed by atoms with van der Waals surface area (Å²) in [5.74, 6) is 5.90. The topological polar surface area (TPSA) is 41.3 Å². The number of rotatable bonds is 5. The molecule has 0 radical (unpaired) electrons. The van der Waals surface area contributed by atoms with E-state index in [1.54, 1.807) is 0 Å². The molecule has 108 valence electrons. The van der Waals surface area contributed by atoms with E-state index in [4.69, 9.17) is 5.84 Å². The Morgan fingerprint density at radius 2 is 2.05 bits per heavy atom. The summed E-state index contributed by atoms with van der Waals surface area (Å²) < 4.78 is 1.20. The normalized spacial score (nSPS) is 20.7. The molecule has 1 aromatic heterocycles. The van der Waals surface area contributed by atoms with Gasteiger partial charge in [-0.2, -0.15) is 0 Å². The SMILES string of the molecule is CN(C)C1(C(Cc2ccc(Br)s2)NN)CCCCC1. The number of nitrogens with one attached hydrogen (secondary N) is 1. The summed E-state index contributed by atoms with van der Waals surface area (Å²) in [4.78, 5) is 3.78. The minimum absolute atomic E-state index is 0.198. The second kappa shape index (κ2) is 6.68. The van der Waals surface area contributed by atoms with Crippen LogP contribution in [0.2, 0.25) is 0 Å². The second-order valence-corrected chi connectivity index (χ2v) is 8.24. The summed E-state index contributed by atoms with van der Waals surface area (Å²) in [6, 6.07) is 4.63. The van der Waals surface area contributed by atoms with E-state index in [1.807, 2.05) is 11.3 Å². The van der Waals surface area contributed by atoms with Gasteiger partial charge in [0.1, 0.15) is 0 Å². The zero-order valence-electron chi connectivity index (χ0n) is 11.8. The maximum atomic E-state index is 5.90. The lowest BCUT2D eigenvalue weighted by Gasteiger charge is -2.48. The van der Waals surface area contributed by atoms with Crippen LogP contribution in [0.15, 0.2) is 15.9 Å². The molecule has 1 atom stereocenters. The molecule has 1 saturated carbocycles. The molecule has 1 aliphatic carbocycles. The van der Waals surface area contributed by atoms with Crippen molar-refractivity contribution >= 4 is 27.3 Å². The zero-order chi connectivity index (χ0) is 13.9. The molecule has 0 bridgehead atoms. The summed E-state index contributed by atoms with van der Waals surface area (Å²) in [5, 5.41) is 0. The van der Waals surface area contributed by atoms with Crippen molar-refractivity contribution in [3.05, 3.63) is 20.8 Å². The molecule has 19 heavy (non-hydrogen) atoms. The summed E-state index contributed by atoms with van der Waals surface area (Å²) in [5.41, 5.74) is 3.30. The average Bonchev–Trinajstić information content (AvgIpc) is 2.82. The largest absolute Gasteiger partial charge is 0.302 e. The number of nitrogens with two attached hydrogens (primary N) is 1. The first-order valence-electron chi connectivity index (χ1n) is 6.96. The van der Waals surface area contributed by atoms with Crippen LogP contribution in [0.4, 0.5) is 0 Å². The minimum Gasteiger partial charge on any atom is -0.302 e. The van der Waals surface area contributed by atoms with Gasteiger partial charge in [-0.3, -0.25) is 11.3 Å². The van der Waals surface area contributed by atoms with Crippen LogP contribution in [0.5, 0.6) is 0 Å². The van der Waals surface area contributed by atoms with Crippen molar-refractivity contribution in [1.82, 2.24) is 10.3 Å². The fourth-order valence-electron chi connectivity index (χ4n) is 3.34. The Balaban J connectivity index is 2.17. The van der Waals surface area contributed by atoms with Gasteiger partial charge in [-0.05, 0) is 55.0 Å². The van der Waals surface area contributed by atoms with Crippen LogP contribution in [0.1, 0.15) is 37.0 Å². The Hall–Kier alpha value is 0.0600. The maximum absolute atomic E-state index is 5.90. The van der Waals surface area contributed by atoms with Gasteiger partial charge in [0.25, 0.3) is 0 Å². The summed E-state index contributed by atoms with van der Waals surface area (Å²) in [7, 11) is 4.39. The molecular weight excluding hydrogens is 322 g/mol. The number of hydrogen-bond donors (Lipinski definition) is 2. The molecule has 1 aromatic rings. The van der Waals surface area contributed by atoms with Crippen LogP contribution in [-0.2, 0) is 6.42 Å². The summed E-state index contributed by atoms with van der Waals surface area (Å²) in [6.45, 7) is 0. The minimum atomic E-state index is 0.198. The van der Waals surface area contributed by atoms with E-state index in [0.29, 0.717) is 6.04 Å². The van der Waals surface area contributed by atoms with Gasteiger partial charge >= 0.3 is 0 Å². The van der Waals surface area contributed by atoms with Gasteiger partial charge in [-0.15, -0.1) is 11.3 Å². The highest BCUT2D eigenvalue weighted by atomic mass is 79.9. The molecule has 1 fully saturated rings. The van der Waals surface area contributed by atoms with Crippen LogP contribution < -0.4 is 11.3 Å². The summed E-state index contributed by atoms with van der Waals surface area (Å²) in [6.07, 6.45) is 7.46. The van der Waals surface area contributed by atoms with Gasteiger partial charge in [0, 0.05) is 22.9 Å². The zero-order valence-corrected chi connectivity index (χ0v) is 14.2. The van der Waals surface area contributed by atoms with Gasteiger partial charge in [0.15, 0.2) is 0 Å². The van der Waals surface area contributed by atoms with Crippen LogP contribution in [0, 0.1) is 0 Å². The molecule has 1 unspecified atom stereocenters. The van der Waals surface area contributed by atoms with Crippen molar-refractivity contribution in [3.8, 4) is 0 Å². The highest BCUT2D eigenvalue weighted by molar-refractivity contribution is 9.11. The molecular formula is C14H24BrN3S. The highest BCUT2D eigenvalue weighted by Gasteiger charge is 2.41. The second-order valence-electron chi connectivity index (χ2n) is 5.69. The standard InChI is InChI=1S/C14H24BrN3S/c1-18(2)14(8-4-3-5-9-14)12(17-16)10-11-6-7-13(15)19-11/h6-7,12,17H,3-5,8-10,16H2,1-2H3. The van der Waals surface area contributed by atoms with Gasteiger partial charge in [0.2, 0.25) is 0 Å². The van der Waals surface area contributed by atoms with Crippen LogP contribution in [0.3, 0.4) is 0 Å². The number of halogens is 1. The van der Waals surface area contributed by atoms with Crippen molar-refractivity contribution in [2.24, 2.45) is 5.84 Å². The maximum Gasteiger partial charge on any atom is 0.0701 e. The lowest BCUT2D eigenvalue weighted by atomic mass is 9.74. The third-order valence-corrected chi connectivity index (χ3v) is 6.14. The molecule has 0 aliphatic heterocycles. The lowest BCUT2D eigenvalue weighted by Crippen LogP contribution is -2.62. The van der Waals surface area contributed by atoms with Crippen molar-refractivity contribution in [2.75, 3.05) is 14.1 Å². The van der Waals surface area contributed by atoms with Gasteiger partial charge < -0.3 is 4.90 Å². The van der Waals surface area contributed by atoms with E-state index in [2.05, 4.69) is 52.5 Å². The number of likely N-dealkylation sites (N-methyl/N-ethyl adjacent to an activating group) is 1. The van der Waals surface area contributed by atoms with Crippen LogP contribution >= 0.6 is 27.3 Å².